The summed E-state index contributed by atoms with van der Waals surface area (Å²) in [5, 5.41) is 2.60. The third-order valence-electron chi connectivity index (χ3n) is 3.15. The Kier molecular flexibility index (Phi) is 7.49. The van der Waals surface area contributed by atoms with Crippen molar-refractivity contribution in [1.29, 1.82) is 0 Å². The Balaban J connectivity index is 0.00000163. The molecule has 0 radical (unpaired) electrons. The van der Waals surface area contributed by atoms with Crippen LogP contribution in [0.25, 0.3) is 11.3 Å². The molecule has 2 rings (SSSR count). The highest BCUT2D eigenvalue weighted by Crippen LogP contribution is 2.24. The highest BCUT2D eigenvalue weighted by atomic mass is 16.6. The largest absolute Gasteiger partial charge is 0.444 e. The number of carbonyl (C=O) groups is 2. The van der Waals surface area contributed by atoms with Gasteiger partial charge in [0.25, 0.3) is 0 Å². The summed E-state index contributed by atoms with van der Waals surface area (Å²) in [6.07, 6.45) is 4.53. The zero-order chi connectivity index (χ0) is 19.9. The monoisotopic (exact) mass is 360 g/mol. The number of anilines is 1. The van der Waals surface area contributed by atoms with E-state index in [2.05, 4.69) is 15.3 Å². The lowest BCUT2D eigenvalue weighted by Crippen LogP contribution is -2.27. The number of Topliss-reactive ketones (excluding diaryl/α,β-unsaturated/α-hetero) is 1. The highest BCUT2D eigenvalue weighted by molar-refractivity contribution is 6.01. The van der Waals surface area contributed by atoms with Gasteiger partial charge < -0.3 is 9.30 Å². The Labute approximate surface area is 154 Å². The quantitative estimate of drug-likeness (QED) is 0.809. The van der Waals surface area contributed by atoms with Crippen LogP contribution in [0.5, 0.6) is 0 Å². The van der Waals surface area contributed by atoms with Crippen molar-refractivity contribution in [2.75, 3.05) is 5.32 Å². The molecule has 26 heavy (non-hydrogen) atoms. The number of pyridine rings is 1. The molecule has 2 aromatic rings. The van der Waals surface area contributed by atoms with Crippen LogP contribution < -0.4 is 5.32 Å². The molecular weight excluding hydrogens is 332 g/mol. The number of amides is 1. The van der Waals surface area contributed by atoms with Crippen molar-refractivity contribution in [3.8, 4) is 11.3 Å². The second-order valence-electron chi connectivity index (χ2n) is 6.39. The van der Waals surface area contributed by atoms with Crippen molar-refractivity contribution in [2.24, 2.45) is 0 Å². The molecule has 1 N–H and O–H groups in total. The molecule has 142 valence electrons. The van der Waals surface area contributed by atoms with Crippen molar-refractivity contribution in [2.45, 2.75) is 60.6 Å². The van der Waals surface area contributed by atoms with Gasteiger partial charge in [-0.05, 0) is 33.8 Å². The molecule has 7 heteroatoms. The summed E-state index contributed by atoms with van der Waals surface area (Å²) < 4.78 is 7.16. The zero-order valence-electron chi connectivity index (χ0n) is 16.6. The second-order valence-corrected chi connectivity index (χ2v) is 6.39. The number of hydrogen-bond donors (Lipinski definition) is 1. The fraction of sp³-hybridized carbons (Fsp3) is 0.474. The number of aryl methyl sites for hydroxylation is 1. The number of rotatable bonds is 4. The van der Waals surface area contributed by atoms with Crippen LogP contribution in [0, 0.1) is 0 Å². The van der Waals surface area contributed by atoms with Crippen molar-refractivity contribution in [1.82, 2.24) is 14.5 Å². The van der Waals surface area contributed by atoms with E-state index in [4.69, 9.17) is 4.74 Å². The smallest absolute Gasteiger partial charge is 0.412 e. The third kappa shape index (κ3) is 5.98. The maximum Gasteiger partial charge on any atom is 0.412 e. The fourth-order valence-electron chi connectivity index (χ4n) is 2.08. The topological polar surface area (TPSA) is 86.1 Å². The predicted molar refractivity (Wildman–Crippen MR) is 102 cm³/mol. The molecule has 0 aliphatic carbocycles. The summed E-state index contributed by atoms with van der Waals surface area (Å²) in [5.74, 6) is -0.244. The maximum absolute atomic E-state index is 12.0. The zero-order valence-corrected chi connectivity index (χ0v) is 16.6. The Morgan fingerprint density at radius 2 is 1.88 bits per heavy atom. The summed E-state index contributed by atoms with van der Waals surface area (Å²) in [5.41, 5.74) is 1.27. The average Bonchev–Trinajstić information content (AvgIpc) is 3.03. The molecule has 1 amide bonds. The van der Waals surface area contributed by atoms with Gasteiger partial charge in [-0.25, -0.2) is 9.78 Å². The lowest BCUT2D eigenvalue weighted by molar-refractivity contribution is 0.0636. The average molecular weight is 360 g/mol. The molecule has 0 aromatic carbocycles. The van der Waals surface area contributed by atoms with Gasteiger partial charge in [0.05, 0.1) is 17.7 Å². The molecule has 2 heterocycles. The molecule has 0 fully saturated rings. The standard InChI is InChI=1S/C17H22N4O3.C2H6/c1-6-21-9-14(19-10-21)12-7-13(15(11(2)22)18-8-12)20-16(23)24-17(3,4)5;1-2/h7-10H,6H2,1-5H3,(H,20,23);1-2H3. The van der Waals surface area contributed by atoms with Gasteiger partial charge in [0.1, 0.15) is 11.3 Å². The number of aromatic nitrogens is 3. The molecular formula is C19H28N4O3. The van der Waals surface area contributed by atoms with Crippen LogP contribution in [0.4, 0.5) is 10.5 Å². The minimum Gasteiger partial charge on any atom is -0.444 e. The van der Waals surface area contributed by atoms with Gasteiger partial charge in [-0.3, -0.25) is 15.1 Å². The second kappa shape index (κ2) is 9.12. The summed E-state index contributed by atoms with van der Waals surface area (Å²) in [6, 6.07) is 1.68. The Bertz CT molecular complexity index is 760. The summed E-state index contributed by atoms with van der Waals surface area (Å²) >= 11 is 0. The molecule has 0 aliphatic heterocycles. The fourth-order valence-corrected chi connectivity index (χ4v) is 2.08. The first-order valence-electron chi connectivity index (χ1n) is 8.72. The van der Waals surface area contributed by atoms with Gasteiger partial charge in [0, 0.05) is 31.4 Å². The van der Waals surface area contributed by atoms with E-state index in [-0.39, 0.29) is 11.5 Å². The minimum atomic E-state index is -0.636. The van der Waals surface area contributed by atoms with E-state index in [1.54, 1.807) is 39.4 Å². The van der Waals surface area contributed by atoms with Crippen LogP contribution in [0.3, 0.4) is 0 Å². The molecule has 0 spiro atoms. The van der Waals surface area contributed by atoms with E-state index < -0.39 is 11.7 Å². The van der Waals surface area contributed by atoms with E-state index in [0.717, 1.165) is 6.54 Å². The first kappa shape index (κ1) is 21.3. The highest BCUT2D eigenvalue weighted by Gasteiger charge is 2.19. The van der Waals surface area contributed by atoms with E-state index in [9.17, 15) is 9.59 Å². The normalized spacial score (nSPS) is 10.6. The van der Waals surface area contributed by atoms with Crippen LogP contribution in [0.2, 0.25) is 0 Å². The molecule has 0 unspecified atom stereocenters. The number of nitrogens with zero attached hydrogens (tertiary/aromatic N) is 3. The Morgan fingerprint density at radius 3 is 2.38 bits per heavy atom. The molecule has 0 saturated carbocycles. The Hall–Kier alpha value is -2.70. The molecule has 0 aliphatic rings. The number of carbonyl (C=O) groups excluding carboxylic acids is 2. The third-order valence-corrected chi connectivity index (χ3v) is 3.15. The number of imidazole rings is 1. The van der Waals surface area contributed by atoms with Crippen LogP contribution in [0.15, 0.2) is 24.8 Å². The van der Waals surface area contributed by atoms with Gasteiger partial charge in [-0.2, -0.15) is 0 Å². The number of nitrogens with one attached hydrogen (secondary N) is 1. The molecule has 7 nitrogen and oxygen atoms in total. The van der Waals surface area contributed by atoms with E-state index >= 15 is 0 Å². The summed E-state index contributed by atoms with van der Waals surface area (Å²) in [4.78, 5) is 32.2. The van der Waals surface area contributed by atoms with Gasteiger partial charge >= 0.3 is 6.09 Å². The van der Waals surface area contributed by atoms with Crippen molar-refractivity contribution >= 4 is 17.6 Å². The van der Waals surface area contributed by atoms with Crippen molar-refractivity contribution in [3.63, 3.8) is 0 Å². The van der Waals surface area contributed by atoms with Crippen LogP contribution in [-0.2, 0) is 11.3 Å². The van der Waals surface area contributed by atoms with E-state index in [0.29, 0.717) is 16.9 Å². The number of hydrogen-bond acceptors (Lipinski definition) is 5. The lowest BCUT2D eigenvalue weighted by atomic mass is 10.1. The molecule has 2 aromatic heterocycles. The van der Waals surface area contributed by atoms with Crippen LogP contribution in [0.1, 0.15) is 59.0 Å². The van der Waals surface area contributed by atoms with Gasteiger partial charge in [-0.15, -0.1) is 0 Å². The minimum absolute atomic E-state index is 0.180. The molecule has 0 saturated heterocycles. The SMILES string of the molecule is CC.CCn1cnc(-c2cnc(C(C)=O)c(NC(=O)OC(C)(C)C)c2)c1. The maximum atomic E-state index is 12.0. The molecule has 0 atom stereocenters. The summed E-state index contributed by atoms with van der Waals surface area (Å²) in [7, 11) is 0. The lowest BCUT2D eigenvalue weighted by Gasteiger charge is -2.20. The predicted octanol–water partition coefficient (Wildman–Crippen LogP) is 4.54. The molecule has 0 bridgehead atoms. The van der Waals surface area contributed by atoms with E-state index in [1.165, 1.54) is 6.92 Å². The van der Waals surface area contributed by atoms with Crippen LogP contribution >= 0.6 is 0 Å². The van der Waals surface area contributed by atoms with Crippen molar-refractivity contribution in [3.05, 3.63) is 30.5 Å². The van der Waals surface area contributed by atoms with Gasteiger partial charge in [0.2, 0.25) is 0 Å². The first-order chi connectivity index (χ1) is 12.2. The van der Waals surface area contributed by atoms with E-state index in [1.807, 2.05) is 31.5 Å². The number of ketones is 1. The number of ether oxygens (including phenoxy) is 1. The first-order valence-corrected chi connectivity index (χ1v) is 8.72. The van der Waals surface area contributed by atoms with Gasteiger partial charge in [0.15, 0.2) is 5.78 Å². The van der Waals surface area contributed by atoms with Crippen LogP contribution in [-0.4, -0.2) is 32.0 Å². The summed E-state index contributed by atoms with van der Waals surface area (Å²) in [6.45, 7) is 13.5. The van der Waals surface area contributed by atoms with Gasteiger partial charge in [-0.1, -0.05) is 13.8 Å². The van der Waals surface area contributed by atoms with Crippen molar-refractivity contribution < 1.29 is 14.3 Å². The Morgan fingerprint density at radius 1 is 1.23 bits per heavy atom.